The Labute approximate surface area is 121 Å². The molecule has 1 aliphatic rings. The number of methoxy groups -OCH3 is 1. The van der Waals surface area contributed by atoms with Gasteiger partial charge in [-0.05, 0) is 31.0 Å². The van der Waals surface area contributed by atoms with E-state index < -0.39 is 15.1 Å². The molecule has 1 unspecified atom stereocenters. The number of Topliss-reactive ketones (excluding diaryl/α,β-unsaturated/α-hetero) is 1. The quantitative estimate of drug-likeness (QED) is 0.789. The average Bonchev–Trinajstić information content (AvgIpc) is 2.37. The van der Waals surface area contributed by atoms with E-state index in [1.165, 1.54) is 7.11 Å². The van der Waals surface area contributed by atoms with Crippen molar-refractivity contribution in [2.45, 2.75) is 24.5 Å². The van der Waals surface area contributed by atoms with Crippen molar-refractivity contribution in [2.24, 2.45) is 0 Å². The van der Waals surface area contributed by atoms with Gasteiger partial charge in [-0.2, -0.15) is 0 Å². The van der Waals surface area contributed by atoms with Gasteiger partial charge in [0.25, 0.3) is 0 Å². The molecule has 1 aromatic rings. The lowest BCUT2D eigenvalue weighted by atomic mass is 10.0. The number of ether oxygens (including phenoxy) is 1. The minimum absolute atomic E-state index is 0.0969. The zero-order valence-electron chi connectivity index (χ0n) is 10.6. The maximum absolute atomic E-state index is 12.5. The zero-order valence-corrected chi connectivity index (χ0v) is 13.0. The first-order valence-electron chi connectivity index (χ1n) is 6.05. The van der Waals surface area contributed by atoms with Crippen LogP contribution in [0.2, 0.25) is 0 Å². The molecule has 1 saturated heterocycles. The van der Waals surface area contributed by atoms with E-state index in [9.17, 15) is 13.2 Å². The van der Waals surface area contributed by atoms with Gasteiger partial charge in [0.05, 0.1) is 18.4 Å². The summed E-state index contributed by atoms with van der Waals surface area (Å²) in [6, 6.07) is 5.03. The molecule has 0 amide bonds. The molecule has 2 rings (SSSR count). The summed E-state index contributed by atoms with van der Waals surface area (Å²) in [5, 5.41) is -0.926. The minimum Gasteiger partial charge on any atom is -0.496 e. The number of ketones is 1. The molecule has 1 aliphatic heterocycles. The van der Waals surface area contributed by atoms with Gasteiger partial charge in [0.1, 0.15) is 11.0 Å². The lowest BCUT2D eigenvalue weighted by molar-refractivity contribution is 0.0978. The lowest BCUT2D eigenvalue weighted by Gasteiger charge is -2.21. The fourth-order valence-electron chi connectivity index (χ4n) is 2.30. The topological polar surface area (TPSA) is 60.4 Å². The van der Waals surface area contributed by atoms with Crippen LogP contribution in [0.4, 0.5) is 0 Å². The van der Waals surface area contributed by atoms with Crippen molar-refractivity contribution >= 4 is 31.6 Å². The maximum Gasteiger partial charge on any atom is 0.184 e. The summed E-state index contributed by atoms with van der Waals surface area (Å²) in [6.07, 6.45) is 1.81. The third-order valence-electron chi connectivity index (χ3n) is 3.30. The molecule has 1 fully saturated rings. The SMILES string of the molecule is COc1ccc(Br)cc1C(=O)C1CCCCS1(=O)=O. The second-order valence-corrected chi connectivity index (χ2v) is 7.78. The molecular formula is C13H15BrO4S. The second-order valence-electron chi connectivity index (χ2n) is 4.56. The Balaban J connectivity index is 2.41. The van der Waals surface area contributed by atoms with E-state index >= 15 is 0 Å². The molecule has 0 saturated carbocycles. The molecule has 0 spiro atoms. The number of benzene rings is 1. The van der Waals surface area contributed by atoms with Crippen molar-refractivity contribution in [2.75, 3.05) is 12.9 Å². The van der Waals surface area contributed by atoms with Crippen LogP contribution in [0.1, 0.15) is 29.6 Å². The second kappa shape index (κ2) is 5.63. The molecular weight excluding hydrogens is 332 g/mol. The minimum atomic E-state index is -3.33. The van der Waals surface area contributed by atoms with Crippen molar-refractivity contribution in [3.63, 3.8) is 0 Å². The van der Waals surface area contributed by atoms with Crippen LogP contribution in [-0.2, 0) is 9.84 Å². The number of hydrogen-bond donors (Lipinski definition) is 0. The first-order chi connectivity index (χ1) is 8.95. The monoisotopic (exact) mass is 346 g/mol. The van der Waals surface area contributed by atoms with Crippen LogP contribution >= 0.6 is 15.9 Å². The highest BCUT2D eigenvalue weighted by molar-refractivity contribution is 9.10. The van der Waals surface area contributed by atoms with Gasteiger partial charge >= 0.3 is 0 Å². The molecule has 0 aromatic heterocycles. The Morgan fingerprint density at radius 3 is 2.74 bits per heavy atom. The van der Waals surface area contributed by atoms with Crippen LogP contribution in [0.3, 0.4) is 0 Å². The van der Waals surface area contributed by atoms with Crippen LogP contribution in [0, 0.1) is 0 Å². The highest BCUT2D eigenvalue weighted by Gasteiger charge is 2.36. The summed E-state index contributed by atoms with van der Waals surface area (Å²) in [5.74, 6) is 0.145. The largest absolute Gasteiger partial charge is 0.496 e. The van der Waals surface area contributed by atoms with Gasteiger partial charge in [-0.25, -0.2) is 8.42 Å². The normalized spacial score (nSPS) is 21.9. The maximum atomic E-state index is 12.5. The lowest BCUT2D eigenvalue weighted by Crippen LogP contribution is -2.35. The summed E-state index contributed by atoms with van der Waals surface area (Å²) < 4.78 is 29.9. The Morgan fingerprint density at radius 1 is 1.37 bits per heavy atom. The molecule has 6 heteroatoms. The van der Waals surface area contributed by atoms with E-state index in [2.05, 4.69) is 15.9 Å². The Morgan fingerprint density at radius 2 is 2.11 bits per heavy atom. The van der Waals surface area contributed by atoms with E-state index in [1.54, 1.807) is 18.2 Å². The van der Waals surface area contributed by atoms with Crippen molar-refractivity contribution in [1.29, 1.82) is 0 Å². The predicted octanol–water partition coefficient (Wildman–Crippen LogP) is 2.61. The number of rotatable bonds is 3. The first kappa shape index (κ1) is 14.5. The molecule has 4 nitrogen and oxygen atoms in total. The van der Waals surface area contributed by atoms with E-state index in [1.807, 2.05) is 0 Å². The number of halogens is 1. The third kappa shape index (κ3) is 3.00. The summed E-state index contributed by atoms with van der Waals surface area (Å²) in [4.78, 5) is 12.5. The van der Waals surface area contributed by atoms with Gasteiger partial charge in [-0.15, -0.1) is 0 Å². The number of carbonyl (C=O) groups is 1. The van der Waals surface area contributed by atoms with Crippen molar-refractivity contribution in [1.82, 2.24) is 0 Å². The van der Waals surface area contributed by atoms with Crippen LogP contribution in [0.25, 0.3) is 0 Å². The summed E-state index contributed by atoms with van der Waals surface area (Å²) >= 11 is 3.29. The van der Waals surface area contributed by atoms with Crippen LogP contribution < -0.4 is 4.74 Å². The molecule has 1 aromatic carbocycles. The van der Waals surface area contributed by atoms with Gasteiger partial charge in [0.15, 0.2) is 15.6 Å². The summed E-state index contributed by atoms with van der Waals surface area (Å²) in [5.41, 5.74) is 0.326. The van der Waals surface area contributed by atoms with Crippen molar-refractivity contribution < 1.29 is 17.9 Å². The predicted molar refractivity (Wildman–Crippen MR) is 76.5 cm³/mol. The van der Waals surface area contributed by atoms with Gasteiger partial charge < -0.3 is 4.74 Å². The molecule has 1 heterocycles. The third-order valence-corrected chi connectivity index (χ3v) is 5.97. The number of sulfone groups is 1. The van der Waals surface area contributed by atoms with Crippen LogP contribution in [0.15, 0.2) is 22.7 Å². The van der Waals surface area contributed by atoms with Crippen LogP contribution in [0.5, 0.6) is 5.75 Å². The molecule has 0 bridgehead atoms. The Bertz CT molecular complexity index is 595. The van der Waals surface area contributed by atoms with Gasteiger partial charge in [0, 0.05) is 4.47 Å². The van der Waals surface area contributed by atoms with E-state index in [4.69, 9.17) is 4.74 Å². The Kier molecular flexibility index (Phi) is 4.30. The van der Waals surface area contributed by atoms with Crippen molar-refractivity contribution in [3.8, 4) is 5.75 Å². The van der Waals surface area contributed by atoms with Gasteiger partial charge in [-0.1, -0.05) is 22.4 Å². The molecule has 0 N–H and O–H groups in total. The van der Waals surface area contributed by atoms with Crippen LogP contribution in [-0.4, -0.2) is 32.3 Å². The van der Waals surface area contributed by atoms with E-state index in [0.717, 1.165) is 10.9 Å². The smallest absolute Gasteiger partial charge is 0.184 e. The standard InChI is InChI=1S/C13H15BrO4S/c1-18-11-6-5-9(14)8-10(11)13(15)12-4-2-3-7-19(12,16)17/h5-6,8,12H,2-4,7H2,1H3. The summed E-state index contributed by atoms with van der Waals surface area (Å²) in [6.45, 7) is 0. The fraction of sp³-hybridized carbons (Fsp3) is 0.462. The zero-order chi connectivity index (χ0) is 14.0. The molecule has 19 heavy (non-hydrogen) atoms. The molecule has 0 aliphatic carbocycles. The average molecular weight is 347 g/mol. The number of carbonyl (C=O) groups excluding carboxylic acids is 1. The first-order valence-corrected chi connectivity index (χ1v) is 8.56. The van der Waals surface area contributed by atoms with Gasteiger partial charge in [-0.3, -0.25) is 4.79 Å². The van der Waals surface area contributed by atoms with E-state index in [0.29, 0.717) is 24.2 Å². The van der Waals surface area contributed by atoms with E-state index in [-0.39, 0.29) is 11.5 Å². The highest BCUT2D eigenvalue weighted by Crippen LogP contribution is 2.29. The molecule has 0 radical (unpaired) electrons. The number of hydrogen-bond acceptors (Lipinski definition) is 4. The fourth-order valence-corrected chi connectivity index (χ4v) is 4.53. The van der Waals surface area contributed by atoms with Gasteiger partial charge in [0.2, 0.25) is 0 Å². The Hall–Kier alpha value is -0.880. The molecule has 104 valence electrons. The summed E-state index contributed by atoms with van der Waals surface area (Å²) in [7, 11) is -1.86. The highest BCUT2D eigenvalue weighted by atomic mass is 79.9. The van der Waals surface area contributed by atoms with Crippen molar-refractivity contribution in [3.05, 3.63) is 28.2 Å². The molecule has 1 atom stereocenters.